The molecule has 0 heterocycles. The van der Waals surface area contributed by atoms with Gasteiger partial charge in [0, 0.05) is 12.6 Å². The Kier molecular flexibility index (Phi) is 5.71. The van der Waals surface area contributed by atoms with Crippen molar-refractivity contribution >= 4 is 10.0 Å². The van der Waals surface area contributed by atoms with E-state index in [1.807, 2.05) is 6.92 Å². The Balaban J connectivity index is 2.92. The first-order valence-electron chi connectivity index (χ1n) is 6.17. The molecule has 9 heteroatoms. The summed E-state index contributed by atoms with van der Waals surface area (Å²) in [5, 5.41) is 2.96. The highest BCUT2D eigenvalue weighted by molar-refractivity contribution is 7.89. The van der Waals surface area contributed by atoms with Gasteiger partial charge in [0.15, 0.2) is 0 Å². The van der Waals surface area contributed by atoms with E-state index in [0.29, 0.717) is 18.7 Å². The van der Waals surface area contributed by atoms with Gasteiger partial charge in [-0.3, -0.25) is 0 Å². The topological polar surface area (TPSA) is 58.2 Å². The van der Waals surface area contributed by atoms with E-state index in [9.17, 15) is 26.0 Å². The number of nitrogens with one attached hydrogen (secondary N) is 2. The highest BCUT2D eigenvalue weighted by atomic mass is 32.2. The summed E-state index contributed by atoms with van der Waals surface area (Å²) in [5.74, 6) is -1.62. The molecule has 1 aromatic carbocycles. The third kappa shape index (κ3) is 4.94. The zero-order chi connectivity index (χ0) is 16.3. The SMILES string of the molecule is CCN[C@H](C)CNS(=O)(=O)c1ccc(C(F)(F)F)c(F)c1. The second-order valence-corrected chi connectivity index (χ2v) is 6.22. The molecule has 0 aliphatic rings. The van der Waals surface area contributed by atoms with Crippen LogP contribution in [0.1, 0.15) is 19.4 Å². The van der Waals surface area contributed by atoms with Gasteiger partial charge in [0.1, 0.15) is 5.82 Å². The fraction of sp³-hybridized carbons (Fsp3) is 0.500. The average Bonchev–Trinajstić information content (AvgIpc) is 2.35. The summed E-state index contributed by atoms with van der Waals surface area (Å²) in [6, 6.07) is 1.34. The zero-order valence-corrected chi connectivity index (χ0v) is 12.3. The van der Waals surface area contributed by atoms with Gasteiger partial charge >= 0.3 is 6.18 Å². The average molecular weight is 328 g/mol. The van der Waals surface area contributed by atoms with E-state index in [4.69, 9.17) is 0 Å². The van der Waals surface area contributed by atoms with E-state index in [0.717, 1.165) is 6.07 Å². The van der Waals surface area contributed by atoms with Crippen LogP contribution in [0.15, 0.2) is 23.1 Å². The van der Waals surface area contributed by atoms with Crippen LogP contribution in [0, 0.1) is 5.82 Å². The van der Waals surface area contributed by atoms with Crippen molar-refractivity contribution in [2.24, 2.45) is 0 Å². The number of sulfonamides is 1. The molecule has 1 atom stereocenters. The molecule has 0 aliphatic carbocycles. The molecule has 120 valence electrons. The second-order valence-electron chi connectivity index (χ2n) is 4.45. The van der Waals surface area contributed by atoms with E-state index >= 15 is 0 Å². The fourth-order valence-corrected chi connectivity index (χ4v) is 2.77. The normalized spacial score (nSPS) is 14.2. The van der Waals surface area contributed by atoms with E-state index < -0.39 is 32.5 Å². The van der Waals surface area contributed by atoms with Gasteiger partial charge in [0.25, 0.3) is 0 Å². The van der Waals surface area contributed by atoms with Gasteiger partial charge in [-0.25, -0.2) is 17.5 Å². The van der Waals surface area contributed by atoms with Crippen molar-refractivity contribution < 1.29 is 26.0 Å². The lowest BCUT2D eigenvalue weighted by Gasteiger charge is -2.14. The van der Waals surface area contributed by atoms with Gasteiger partial charge in [-0.1, -0.05) is 6.92 Å². The van der Waals surface area contributed by atoms with Crippen LogP contribution in [0.5, 0.6) is 0 Å². The summed E-state index contributed by atoms with van der Waals surface area (Å²) >= 11 is 0. The molecule has 0 bridgehead atoms. The quantitative estimate of drug-likeness (QED) is 0.787. The molecule has 0 unspecified atom stereocenters. The number of rotatable bonds is 6. The van der Waals surface area contributed by atoms with Crippen LogP contribution >= 0.6 is 0 Å². The van der Waals surface area contributed by atoms with Gasteiger partial charge in [-0.05, 0) is 31.7 Å². The lowest BCUT2D eigenvalue weighted by molar-refractivity contribution is -0.140. The Hall–Kier alpha value is -1.19. The predicted octanol–water partition coefficient (Wildman–Crippen LogP) is 2.12. The monoisotopic (exact) mass is 328 g/mol. The summed E-state index contributed by atoms with van der Waals surface area (Å²) in [7, 11) is -4.06. The van der Waals surface area contributed by atoms with Crippen LogP contribution in [-0.2, 0) is 16.2 Å². The highest BCUT2D eigenvalue weighted by Crippen LogP contribution is 2.32. The molecule has 0 spiro atoms. The number of hydrogen-bond donors (Lipinski definition) is 2. The molecule has 21 heavy (non-hydrogen) atoms. The predicted molar refractivity (Wildman–Crippen MR) is 69.7 cm³/mol. The minimum atomic E-state index is -4.86. The first kappa shape index (κ1) is 17.9. The largest absolute Gasteiger partial charge is 0.419 e. The minimum absolute atomic E-state index is 0.0405. The second kappa shape index (κ2) is 6.71. The molecule has 0 saturated heterocycles. The molecule has 1 aromatic rings. The third-order valence-electron chi connectivity index (χ3n) is 2.69. The molecule has 1 rings (SSSR count). The van der Waals surface area contributed by atoms with Crippen molar-refractivity contribution in [1.82, 2.24) is 10.0 Å². The standard InChI is InChI=1S/C12H16F4N2O2S/c1-3-17-8(2)7-18-21(19,20)9-4-5-10(11(13)6-9)12(14,15)16/h4-6,8,17-18H,3,7H2,1-2H3/t8-/m1/s1. The van der Waals surface area contributed by atoms with E-state index in [1.165, 1.54) is 0 Å². The molecule has 2 N–H and O–H groups in total. The molecule has 0 radical (unpaired) electrons. The van der Waals surface area contributed by atoms with Gasteiger partial charge < -0.3 is 5.32 Å². The third-order valence-corrected chi connectivity index (χ3v) is 4.11. The molecule has 0 saturated carbocycles. The summed E-state index contributed by atoms with van der Waals surface area (Å²) in [4.78, 5) is -0.545. The number of benzene rings is 1. The maximum absolute atomic E-state index is 13.4. The minimum Gasteiger partial charge on any atom is -0.313 e. The van der Waals surface area contributed by atoms with Crippen LogP contribution in [0.3, 0.4) is 0 Å². The number of alkyl halides is 3. The summed E-state index contributed by atoms with van der Waals surface area (Å²) in [5.41, 5.74) is -1.50. The first-order chi connectivity index (χ1) is 9.58. The number of halogens is 4. The van der Waals surface area contributed by atoms with Gasteiger partial charge in [-0.2, -0.15) is 13.2 Å². The van der Waals surface area contributed by atoms with Crippen molar-refractivity contribution in [3.8, 4) is 0 Å². The van der Waals surface area contributed by atoms with Crippen molar-refractivity contribution in [2.75, 3.05) is 13.1 Å². The van der Waals surface area contributed by atoms with Gasteiger partial charge in [-0.15, -0.1) is 0 Å². The van der Waals surface area contributed by atoms with Crippen LogP contribution in [0.2, 0.25) is 0 Å². The lowest BCUT2D eigenvalue weighted by atomic mass is 10.2. The molecular formula is C12H16F4N2O2S. The van der Waals surface area contributed by atoms with E-state index in [2.05, 4.69) is 10.0 Å². The van der Waals surface area contributed by atoms with E-state index in [-0.39, 0.29) is 12.6 Å². The summed E-state index contributed by atoms with van der Waals surface area (Å²) in [6.45, 7) is 4.26. The van der Waals surface area contributed by atoms with Crippen molar-refractivity contribution in [3.05, 3.63) is 29.6 Å². The molecule has 0 amide bonds. The van der Waals surface area contributed by atoms with Crippen molar-refractivity contribution in [3.63, 3.8) is 0 Å². The Morgan fingerprint density at radius 3 is 2.38 bits per heavy atom. The smallest absolute Gasteiger partial charge is 0.313 e. The molecule has 4 nitrogen and oxygen atoms in total. The highest BCUT2D eigenvalue weighted by Gasteiger charge is 2.34. The Bertz CT molecular complexity index is 587. The summed E-state index contributed by atoms with van der Waals surface area (Å²) in [6.07, 6.45) is -4.86. The van der Waals surface area contributed by atoms with Crippen LogP contribution in [0.4, 0.5) is 17.6 Å². The van der Waals surface area contributed by atoms with Crippen molar-refractivity contribution in [2.45, 2.75) is 31.0 Å². The number of hydrogen-bond acceptors (Lipinski definition) is 3. The van der Waals surface area contributed by atoms with Crippen LogP contribution in [0.25, 0.3) is 0 Å². The first-order valence-corrected chi connectivity index (χ1v) is 7.66. The fourth-order valence-electron chi connectivity index (χ4n) is 1.63. The van der Waals surface area contributed by atoms with Gasteiger partial charge in [0.2, 0.25) is 10.0 Å². The molecule has 0 fully saturated rings. The van der Waals surface area contributed by atoms with Crippen LogP contribution in [-0.4, -0.2) is 27.5 Å². The van der Waals surface area contributed by atoms with Crippen molar-refractivity contribution in [1.29, 1.82) is 0 Å². The Morgan fingerprint density at radius 2 is 1.90 bits per heavy atom. The maximum Gasteiger partial charge on any atom is 0.419 e. The Morgan fingerprint density at radius 1 is 1.29 bits per heavy atom. The van der Waals surface area contributed by atoms with Gasteiger partial charge in [0.05, 0.1) is 10.5 Å². The maximum atomic E-state index is 13.4. The molecular weight excluding hydrogens is 312 g/mol. The zero-order valence-electron chi connectivity index (χ0n) is 11.5. The van der Waals surface area contributed by atoms with E-state index in [1.54, 1.807) is 6.92 Å². The number of likely N-dealkylation sites (N-methyl/N-ethyl adjacent to an activating group) is 1. The summed E-state index contributed by atoms with van der Waals surface area (Å²) < 4.78 is 76.5. The molecule has 0 aliphatic heterocycles. The lowest BCUT2D eigenvalue weighted by Crippen LogP contribution is -2.38. The molecule has 0 aromatic heterocycles. The van der Waals surface area contributed by atoms with Crippen LogP contribution < -0.4 is 10.0 Å². The Labute approximate surface area is 120 Å².